The number of nitrogens with zero attached hydrogens (tertiary/aromatic N) is 2. The summed E-state index contributed by atoms with van der Waals surface area (Å²) >= 11 is 0. The van der Waals surface area contributed by atoms with Crippen LogP contribution in [0.2, 0.25) is 0 Å². The smallest absolute Gasteiger partial charge is 0.267 e. The largest absolute Gasteiger partial charge is 0.289 e. The third kappa shape index (κ3) is 3.14. The number of hydrogen-bond donors (Lipinski definition) is 2. The van der Waals surface area contributed by atoms with Crippen LogP contribution in [0.1, 0.15) is 26.5 Å². The van der Waals surface area contributed by atoms with Crippen molar-refractivity contribution in [3.63, 3.8) is 0 Å². The van der Waals surface area contributed by atoms with E-state index in [2.05, 4.69) is 20.8 Å². The Morgan fingerprint density at radius 3 is 2.40 bits per heavy atom. The molecule has 0 radical (unpaired) electrons. The molecule has 2 amide bonds. The molecule has 0 unspecified atom stereocenters. The Bertz CT molecular complexity index is 643. The molecule has 2 N–H and O–H groups in total. The molecule has 6 nitrogen and oxygen atoms in total. The lowest BCUT2D eigenvalue weighted by Gasteiger charge is -2.07. The monoisotopic (exact) mass is 274 g/mol. The molecular weight excluding hydrogens is 263 g/mol. The van der Waals surface area contributed by atoms with Crippen molar-refractivity contribution in [1.29, 1.82) is 0 Å². The first-order valence-electron chi connectivity index (χ1n) is 5.72. The van der Waals surface area contributed by atoms with Crippen molar-refractivity contribution in [2.75, 3.05) is 0 Å². The molecule has 0 aliphatic carbocycles. The number of carbonyl (C=O) groups excluding carboxylic acids is 2. The van der Waals surface area contributed by atoms with Crippen LogP contribution in [0, 0.1) is 12.7 Å². The van der Waals surface area contributed by atoms with Gasteiger partial charge in [-0.2, -0.15) is 0 Å². The Morgan fingerprint density at radius 2 is 1.75 bits per heavy atom. The standard InChI is InChI=1S/C13H11FN4O2/c1-8-6-16-11(7-15-8)13(20)18-17-12(19)9-4-2-3-5-10(9)14/h2-7H,1H3,(H,17,19)(H,18,20). The quantitative estimate of drug-likeness (QED) is 0.800. The van der Waals surface area contributed by atoms with Crippen LogP contribution >= 0.6 is 0 Å². The number of rotatable bonds is 2. The summed E-state index contributed by atoms with van der Waals surface area (Å²) in [4.78, 5) is 31.1. The minimum atomic E-state index is -0.753. The number of hydrazine groups is 1. The molecule has 0 aliphatic rings. The van der Waals surface area contributed by atoms with Gasteiger partial charge in [-0.3, -0.25) is 25.4 Å². The van der Waals surface area contributed by atoms with Crippen molar-refractivity contribution in [3.8, 4) is 0 Å². The number of amides is 2. The fourth-order valence-corrected chi connectivity index (χ4v) is 1.40. The van der Waals surface area contributed by atoms with E-state index in [9.17, 15) is 14.0 Å². The molecule has 20 heavy (non-hydrogen) atoms. The maximum Gasteiger partial charge on any atom is 0.289 e. The van der Waals surface area contributed by atoms with E-state index in [1.807, 2.05) is 0 Å². The number of hydrogen-bond acceptors (Lipinski definition) is 4. The predicted octanol–water partition coefficient (Wildman–Crippen LogP) is 0.999. The number of nitrogens with one attached hydrogen (secondary N) is 2. The van der Waals surface area contributed by atoms with Crippen LogP contribution < -0.4 is 10.9 Å². The van der Waals surface area contributed by atoms with Gasteiger partial charge in [-0.25, -0.2) is 9.37 Å². The first-order valence-corrected chi connectivity index (χ1v) is 5.72. The molecule has 0 aliphatic heterocycles. The molecule has 7 heteroatoms. The molecule has 1 heterocycles. The van der Waals surface area contributed by atoms with Gasteiger partial charge in [0.25, 0.3) is 11.8 Å². The van der Waals surface area contributed by atoms with Crippen molar-refractivity contribution in [3.05, 3.63) is 59.4 Å². The number of aromatic nitrogens is 2. The molecule has 1 aromatic heterocycles. The van der Waals surface area contributed by atoms with Crippen molar-refractivity contribution >= 4 is 11.8 Å². The highest BCUT2D eigenvalue weighted by molar-refractivity contribution is 5.98. The van der Waals surface area contributed by atoms with Crippen molar-refractivity contribution in [2.45, 2.75) is 6.92 Å². The molecular formula is C13H11FN4O2. The topological polar surface area (TPSA) is 84.0 Å². The zero-order valence-electron chi connectivity index (χ0n) is 10.6. The van der Waals surface area contributed by atoms with E-state index in [1.54, 1.807) is 6.92 Å². The van der Waals surface area contributed by atoms with Gasteiger partial charge in [0.05, 0.1) is 17.5 Å². The maximum absolute atomic E-state index is 13.3. The van der Waals surface area contributed by atoms with Crippen LogP contribution in [-0.2, 0) is 0 Å². The lowest BCUT2D eigenvalue weighted by molar-refractivity contribution is 0.0841. The first-order chi connectivity index (χ1) is 9.58. The second-order valence-corrected chi connectivity index (χ2v) is 3.93. The van der Waals surface area contributed by atoms with E-state index >= 15 is 0 Å². The van der Waals surface area contributed by atoms with E-state index in [-0.39, 0.29) is 11.3 Å². The molecule has 102 valence electrons. The summed E-state index contributed by atoms with van der Waals surface area (Å²) < 4.78 is 13.3. The summed E-state index contributed by atoms with van der Waals surface area (Å²) in [5.74, 6) is -2.06. The zero-order valence-corrected chi connectivity index (χ0v) is 10.6. The Balaban J connectivity index is 1.99. The Hall–Kier alpha value is -2.83. The second kappa shape index (κ2) is 5.87. The van der Waals surface area contributed by atoms with Crippen LogP contribution in [0.15, 0.2) is 36.7 Å². The fraction of sp³-hybridized carbons (Fsp3) is 0.0769. The summed E-state index contributed by atoms with van der Waals surface area (Å²) in [6.07, 6.45) is 2.70. The van der Waals surface area contributed by atoms with Crippen LogP contribution in [0.4, 0.5) is 4.39 Å². The van der Waals surface area contributed by atoms with Crippen molar-refractivity contribution < 1.29 is 14.0 Å². The summed E-state index contributed by atoms with van der Waals surface area (Å²) in [7, 11) is 0. The van der Waals surface area contributed by atoms with Gasteiger partial charge < -0.3 is 0 Å². The van der Waals surface area contributed by atoms with E-state index in [1.165, 1.54) is 30.6 Å². The van der Waals surface area contributed by atoms with Crippen LogP contribution in [0.5, 0.6) is 0 Å². The third-order valence-corrected chi connectivity index (χ3v) is 2.42. The molecule has 0 saturated heterocycles. The van der Waals surface area contributed by atoms with E-state index in [4.69, 9.17) is 0 Å². The lowest BCUT2D eigenvalue weighted by Crippen LogP contribution is -2.42. The SMILES string of the molecule is Cc1cnc(C(=O)NNC(=O)c2ccccc2F)cn1. The number of carbonyl (C=O) groups is 2. The van der Waals surface area contributed by atoms with E-state index < -0.39 is 17.6 Å². The first kappa shape index (κ1) is 13.6. The highest BCUT2D eigenvalue weighted by Gasteiger charge is 2.13. The van der Waals surface area contributed by atoms with Crippen LogP contribution in [-0.4, -0.2) is 21.8 Å². The molecule has 0 atom stereocenters. The van der Waals surface area contributed by atoms with Gasteiger partial charge >= 0.3 is 0 Å². The van der Waals surface area contributed by atoms with Crippen LogP contribution in [0.25, 0.3) is 0 Å². The van der Waals surface area contributed by atoms with Gasteiger partial charge in [0, 0.05) is 6.20 Å². The third-order valence-electron chi connectivity index (χ3n) is 2.42. The summed E-state index contributed by atoms with van der Waals surface area (Å²) in [6.45, 7) is 1.73. The summed E-state index contributed by atoms with van der Waals surface area (Å²) in [5.41, 5.74) is 4.79. The number of benzene rings is 1. The predicted molar refractivity (Wildman–Crippen MR) is 68.1 cm³/mol. The Kier molecular flexibility index (Phi) is 3.99. The summed E-state index contributed by atoms with van der Waals surface area (Å²) in [6, 6.07) is 5.45. The number of aryl methyl sites for hydroxylation is 1. The van der Waals surface area contributed by atoms with Crippen molar-refractivity contribution in [1.82, 2.24) is 20.8 Å². The number of halogens is 1. The molecule has 2 aromatic rings. The molecule has 0 fully saturated rings. The molecule has 0 saturated carbocycles. The highest BCUT2D eigenvalue weighted by Crippen LogP contribution is 2.05. The summed E-state index contributed by atoms with van der Waals surface area (Å²) in [5, 5.41) is 0. The maximum atomic E-state index is 13.3. The van der Waals surface area contributed by atoms with E-state index in [0.717, 1.165) is 6.07 Å². The average Bonchev–Trinajstić information content (AvgIpc) is 2.45. The van der Waals surface area contributed by atoms with Crippen LogP contribution in [0.3, 0.4) is 0 Å². The zero-order chi connectivity index (χ0) is 14.5. The van der Waals surface area contributed by atoms with Gasteiger partial charge in [-0.15, -0.1) is 0 Å². The van der Waals surface area contributed by atoms with Gasteiger partial charge in [-0.05, 0) is 19.1 Å². The molecule has 2 rings (SSSR count). The second-order valence-electron chi connectivity index (χ2n) is 3.93. The van der Waals surface area contributed by atoms with Crippen molar-refractivity contribution in [2.24, 2.45) is 0 Å². The highest BCUT2D eigenvalue weighted by atomic mass is 19.1. The molecule has 0 bridgehead atoms. The average molecular weight is 274 g/mol. The minimum absolute atomic E-state index is 0.0458. The van der Waals surface area contributed by atoms with E-state index in [0.29, 0.717) is 5.69 Å². The Morgan fingerprint density at radius 1 is 1.05 bits per heavy atom. The van der Waals surface area contributed by atoms with Gasteiger partial charge in [0.1, 0.15) is 11.5 Å². The molecule has 0 spiro atoms. The molecule has 1 aromatic carbocycles. The fourth-order valence-electron chi connectivity index (χ4n) is 1.40. The minimum Gasteiger partial charge on any atom is -0.267 e. The Labute approximate surface area is 114 Å². The van der Waals surface area contributed by atoms with Gasteiger partial charge in [0.15, 0.2) is 0 Å². The lowest BCUT2D eigenvalue weighted by atomic mass is 10.2. The normalized spacial score (nSPS) is 9.90. The van der Waals surface area contributed by atoms with Gasteiger partial charge in [-0.1, -0.05) is 12.1 Å². The van der Waals surface area contributed by atoms with Gasteiger partial charge in [0.2, 0.25) is 0 Å².